The van der Waals surface area contributed by atoms with Gasteiger partial charge in [0.25, 0.3) is 5.91 Å². The first-order valence-electron chi connectivity index (χ1n) is 6.68. The fraction of sp³-hybridized carbons (Fsp3) is 0.538. The summed E-state index contributed by atoms with van der Waals surface area (Å²) in [6.07, 6.45) is -3.80. The Bertz CT molecular complexity index is 507. The van der Waals surface area contributed by atoms with Gasteiger partial charge in [0.2, 0.25) is 5.88 Å². The van der Waals surface area contributed by atoms with Gasteiger partial charge < -0.3 is 20.5 Å². The lowest BCUT2D eigenvalue weighted by Crippen LogP contribution is -2.34. The molecule has 3 N–H and O–H groups in total. The van der Waals surface area contributed by atoms with E-state index in [-0.39, 0.29) is 17.4 Å². The molecule has 1 aliphatic heterocycles. The number of hydrogen-bond donors (Lipinski definition) is 3. The number of nitrogens with zero attached hydrogens (tertiary/aromatic N) is 1. The summed E-state index contributed by atoms with van der Waals surface area (Å²) in [5.41, 5.74) is 0.208. The first kappa shape index (κ1) is 16.5. The fourth-order valence-corrected chi connectivity index (χ4v) is 2.01. The first-order chi connectivity index (χ1) is 10.3. The van der Waals surface area contributed by atoms with Crippen molar-refractivity contribution in [2.45, 2.75) is 12.3 Å². The first-order valence-corrected chi connectivity index (χ1v) is 6.68. The van der Waals surface area contributed by atoms with Crippen LogP contribution in [-0.2, 0) is 0 Å². The quantitative estimate of drug-likeness (QED) is 0.729. The average molecular weight is 319 g/mol. The summed E-state index contributed by atoms with van der Waals surface area (Å²) in [5, 5.41) is 15.2. The molecule has 1 aromatic rings. The minimum Gasteiger partial charge on any atom is -0.468 e. The number of halogens is 3. The number of alkyl halides is 3. The molecule has 1 aromatic heterocycles. The minimum absolute atomic E-state index is 0.0636. The second-order valence-electron chi connectivity index (χ2n) is 4.98. The van der Waals surface area contributed by atoms with Crippen molar-refractivity contribution >= 4 is 5.91 Å². The van der Waals surface area contributed by atoms with E-state index >= 15 is 0 Å². The summed E-state index contributed by atoms with van der Waals surface area (Å²) in [5.74, 6) is -0.676. The van der Waals surface area contributed by atoms with E-state index in [1.807, 2.05) is 0 Å². The van der Waals surface area contributed by atoms with Gasteiger partial charge in [0.15, 0.2) is 6.61 Å². The number of aliphatic hydroxyl groups excluding tert-OH is 1. The van der Waals surface area contributed by atoms with Crippen molar-refractivity contribution in [3.05, 3.63) is 23.9 Å². The van der Waals surface area contributed by atoms with Crippen LogP contribution in [0.3, 0.4) is 0 Å². The van der Waals surface area contributed by atoms with E-state index < -0.39 is 24.8 Å². The molecule has 0 saturated carbocycles. The molecule has 2 heterocycles. The van der Waals surface area contributed by atoms with Crippen LogP contribution in [0.4, 0.5) is 13.2 Å². The number of aromatic nitrogens is 1. The van der Waals surface area contributed by atoms with Gasteiger partial charge in [-0.15, -0.1) is 0 Å². The molecule has 22 heavy (non-hydrogen) atoms. The molecule has 2 atom stereocenters. The summed E-state index contributed by atoms with van der Waals surface area (Å²) in [7, 11) is 0. The molecular weight excluding hydrogens is 303 g/mol. The summed E-state index contributed by atoms with van der Waals surface area (Å²) in [4.78, 5) is 15.5. The van der Waals surface area contributed by atoms with Gasteiger partial charge in [-0.05, 0) is 6.07 Å². The van der Waals surface area contributed by atoms with Crippen molar-refractivity contribution in [2.75, 3.05) is 26.2 Å². The van der Waals surface area contributed by atoms with Crippen LogP contribution in [0, 0.1) is 5.92 Å². The highest BCUT2D eigenvalue weighted by molar-refractivity contribution is 5.93. The highest BCUT2D eigenvalue weighted by Gasteiger charge is 2.28. The summed E-state index contributed by atoms with van der Waals surface area (Å²) in [6, 6.07) is 2.53. The zero-order valence-corrected chi connectivity index (χ0v) is 11.6. The Labute approximate surface area is 124 Å². The van der Waals surface area contributed by atoms with E-state index in [9.17, 15) is 23.1 Å². The van der Waals surface area contributed by atoms with Crippen LogP contribution in [0.15, 0.2) is 18.3 Å². The summed E-state index contributed by atoms with van der Waals surface area (Å²) >= 11 is 0. The molecule has 1 aliphatic rings. The molecule has 0 aromatic carbocycles. The lowest BCUT2D eigenvalue weighted by atomic mass is 10.1. The molecule has 0 radical (unpaired) electrons. The van der Waals surface area contributed by atoms with Gasteiger partial charge in [-0.25, -0.2) is 4.98 Å². The van der Waals surface area contributed by atoms with Crippen molar-refractivity contribution in [2.24, 2.45) is 5.92 Å². The molecule has 6 nitrogen and oxygen atoms in total. The minimum atomic E-state index is -4.44. The third-order valence-corrected chi connectivity index (χ3v) is 3.21. The third kappa shape index (κ3) is 4.85. The molecule has 0 bridgehead atoms. The second kappa shape index (κ2) is 6.93. The molecule has 9 heteroatoms. The molecule has 122 valence electrons. The van der Waals surface area contributed by atoms with Crippen LogP contribution in [0.25, 0.3) is 0 Å². The summed E-state index contributed by atoms with van der Waals surface area (Å²) in [6.45, 7) is -0.0192. The normalized spacial score (nSPS) is 21.6. The number of aliphatic hydroxyl groups is 1. The van der Waals surface area contributed by atoms with Gasteiger partial charge in [0, 0.05) is 37.8 Å². The number of carbonyl (C=O) groups excluding carboxylic acids is 1. The maximum absolute atomic E-state index is 12.0. The van der Waals surface area contributed by atoms with E-state index in [1.54, 1.807) is 0 Å². The van der Waals surface area contributed by atoms with Crippen LogP contribution < -0.4 is 15.4 Å². The van der Waals surface area contributed by atoms with E-state index in [0.717, 1.165) is 6.20 Å². The van der Waals surface area contributed by atoms with Crippen LogP contribution in [0.2, 0.25) is 0 Å². The maximum atomic E-state index is 12.0. The number of amides is 1. The number of pyridine rings is 1. The summed E-state index contributed by atoms with van der Waals surface area (Å²) < 4.78 is 40.4. The number of hydrogen-bond acceptors (Lipinski definition) is 5. The molecule has 0 spiro atoms. The van der Waals surface area contributed by atoms with Crippen molar-refractivity contribution in [1.82, 2.24) is 15.6 Å². The van der Waals surface area contributed by atoms with E-state index in [0.29, 0.717) is 19.6 Å². The van der Waals surface area contributed by atoms with Gasteiger partial charge in [0.05, 0.1) is 11.7 Å². The predicted molar refractivity (Wildman–Crippen MR) is 70.5 cm³/mol. The highest BCUT2D eigenvalue weighted by Crippen LogP contribution is 2.17. The molecule has 1 saturated heterocycles. The lowest BCUT2D eigenvalue weighted by Gasteiger charge is -2.14. The van der Waals surface area contributed by atoms with E-state index in [2.05, 4.69) is 20.4 Å². The monoisotopic (exact) mass is 319 g/mol. The zero-order chi connectivity index (χ0) is 16.2. The van der Waals surface area contributed by atoms with Crippen LogP contribution in [0.5, 0.6) is 5.88 Å². The highest BCUT2D eigenvalue weighted by atomic mass is 19.4. The fourth-order valence-electron chi connectivity index (χ4n) is 2.01. The number of carbonyl (C=O) groups is 1. The maximum Gasteiger partial charge on any atom is 0.422 e. The lowest BCUT2D eigenvalue weighted by molar-refractivity contribution is -0.154. The van der Waals surface area contributed by atoms with Crippen LogP contribution in [0.1, 0.15) is 10.4 Å². The smallest absolute Gasteiger partial charge is 0.422 e. The molecule has 1 amide bonds. The van der Waals surface area contributed by atoms with Crippen LogP contribution >= 0.6 is 0 Å². The van der Waals surface area contributed by atoms with Gasteiger partial charge in [0.1, 0.15) is 0 Å². The number of ether oxygens (including phenoxy) is 1. The Hall–Kier alpha value is -1.87. The molecular formula is C13H16F3N3O3. The van der Waals surface area contributed by atoms with Gasteiger partial charge in [-0.1, -0.05) is 0 Å². The van der Waals surface area contributed by atoms with Crippen molar-refractivity contribution in [3.63, 3.8) is 0 Å². The Balaban J connectivity index is 1.83. The molecule has 1 fully saturated rings. The molecule has 0 aliphatic carbocycles. The SMILES string of the molecule is O=C(NCC1CNCC1O)c1ccc(OCC(F)(F)F)nc1. The number of β-amino-alcohol motifs (C(OH)–C–C–N with tert-alkyl or cyclic N) is 1. The number of rotatable bonds is 5. The van der Waals surface area contributed by atoms with Gasteiger partial charge in [-0.3, -0.25) is 4.79 Å². The third-order valence-electron chi connectivity index (χ3n) is 3.21. The van der Waals surface area contributed by atoms with Gasteiger partial charge in [-0.2, -0.15) is 13.2 Å². The van der Waals surface area contributed by atoms with Gasteiger partial charge >= 0.3 is 6.18 Å². The average Bonchev–Trinajstić information content (AvgIpc) is 2.88. The second-order valence-corrected chi connectivity index (χ2v) is 4.98. The Morgan fingerprint density at radius 1 is 1.45 bits per heavy atom. The number of nitrogens with one attached hydrogen (secondary N) is 2. The molecule has 2 rings (SSSR count). The Kier molecular flexibility index (Phi) is 5.19. The van der Waals surface area contributed by atoms with E-state index in [1.165, 1.54) is 12.1 Å². The predicted octanol–water partition coefficient (Wildman–Crippen LogP) is 0.333. The zero-order valence-electron chi connectivity index (χ0n) is 11.6. The largest absolute Gasteiger partial charge is 0.468 e. The van der Waals surface area contributed by atoms with Crippen molar-refractivity contribution < 1.29 is 27.8 Å². The topological polar surface area (TPSA) is 83.5 Å². The van der Waals surface area contributed by atoms with Crippen molar-refractivity contribution in [3.8, 4) is 5.88 Å². The Morgan fingerprint density at radius 2 is 2.23 bits per heavy atom. The standard InChI is InChI=1S/C13H16F3N3O3/c14-13(15,16)7-22-11-2-1-8(4-18-11)12(21)19-5-9-3-17-6-10(9)20/h1-2,4,9-10,17,20H,3,5-7H2,(H,19,21). The van der Waals surface area contributed by atoms with Crippen molar-refractivity contribution in [1.29, 1.82) is 0 Å². The van der Waals surface area contributed by atoms with E-state index in [4.69, 9.17) is 0 Å². The molecule has 2 unspecified atom stereocenters. The van der Waals surface area contributed by atoms with Crippen LogP contribution in [-0.4, -0.2) is 54.5 Å². The Morgan fingerprint density at radius 3 is 2.77 bits per heavy atom.